The van der Waals surface area contributed by atoms with Crippen molar-refractivity contribution < 1.29 is 4.79 Å². The fourth-order valence-electron chi connectivity index (χ4n) is 5.09. The molecule has 0 atom stereocenters. The number of rotatable bonds is 3. The maximum Gasteiger partial charge on any atom is 0.282 e. The van der Waals surface area contributed by atoms with Crippen LogP contribution in [0.3, 0.4) is 0 Å². The molecule has 1 amide bonds. The third-order valence-electron chi connectivity index (χ3n) is 6.69. The Morgan fingerprint density at radius 3 is 2.31 bits per heavy atom. The van der Waals surface area contributed by atoms with E-state index in [9.17, 15) is 9.59 Å². The second-order valence-electron chi connectivity index (χ2n) is 8.47. The number of benzene rings is 1. The second-order valence-corrected chi connectivity index (χ2v) is 8.47. The second kappa shape index (κ2) is 9.08. The van der Waals surface area contributed by atoms with Crippen LogP contribution in [-0.4, -0.2) is 46.5 Å². The average molecular weight is 397 g/mol. The minimum Gasteiger partial charge on any atom is -0.354 e. The molecule has 1 saturated carbocycles. The van der Waals surface area contributed by atoms with Gasteiger partial charge in [-0.3, -0.25) is 9.59 Å². The minimum atomic E-state index is -0.415. The van der Waals surface area contributed by atoms with Crippen molar-refractivity contribution in [2.45, 2.75) is 69.9 Å². The molecule has 2 aliphatic rings. The zero-order valence-corrected chi connectivity index (χ0v) is 17.4. The molecule has 29 heavy (non-hydrogen) atoms. The summed E-state index contributed by atoms with van der Waals surface area (Å²) in [5, 5.41) is 2.56. The van der Waals surface area contributed by atoms with Crippen LogP contribution in [-0.2, 0) is 0 Å². The monoisotopic (exact) mass is 396 g/mol. The molecule has 1 aromatic carbocycles. The molecule has 1 N–H and O–H groups in total. The maximum atomic E-state index is 13.2. The molecular formula is C23H32N4O2. The van der Waals surface area contributed by atoms with Gasteiger partial charge < -0.3 is 14.8 Å². The molecule has 2 aromatic rings. The standard InChI is InChI=1S/C23H32N4O2/c1-24-22(28)21-23(29)27(20-12-8-7-11-19(20)25-21)18-13-15-26(16-14-18)17-9-5-3-2-4-6-10-17/h7-8,11-12,17-18H,2-6,9-10,13-16H2,1H3,(H,24,28). The van der Waals surface area contributed by atoms with E-state index in [1.807, 2.05) is 28.8 Å². The number of hydrogen-bond acceptors (Lipinski definition) is 4. The lowest BCUT2D eigenvalue weighted by Crippen LogP contribution is -2.44. The number of hydrogen-bond donors (Lipinski definition) is 1. The molecule has 1 aromatic heterocycles. The van der Waals surface area contributed by atoms with Crippen LogP contribution in [0.1, 0.15) is 74.3 Å². The van der Waals surface area contributed by atoms with Gasteiger partial charge in [-0.25, -0.2) is 4.98 Å². The molecule has 156 valence electrons. The summed E-state index contributed by atoms with van der Waals surface area (Å²) in [7, 11) is 1.54. The Morgan fingerprint density at radius 2 is 1.62 bits per heavy atom. The Hall–Kier alpha value is -2.21. The topological polar surface area (TPSA) is 67.2 Å². The van der Waals surface area contributed by atoms with Crippen LogP contribution >= 0.6 is 0 Å². The van der Waals surface area contributed by atoms with Crippen LogP contribution in [0.25, 0.3) is 11.0 Å². The lowest BCUT2D eigenvalue weighted by Gasteiger charge is -2.39. The molecule has 1 aliphatic heterocycles. The van der Waals surface area contributed by atoms with E-state index in [-0.39, 0.29) is 17.3 Å². The van der Waals surface area contributed by atoms with Crippen LogP contribution in [0.4, 0.5) is 0 Å². The summed E-state index contributed by atoms with van der Waals surface area (Å²) in [5.41, 5.74) is 1.25. The van der Waals surface area contributed by atoms with Crippen molar-refractivity contribution >= 4 is 16.9 Å². The number of aromatic nitrogens is 2. The Bertz CT molecular complexity index is 907. The summed E-state index contributed by atoms with van der Waals surface area (Å²) in [6, 6.07) is 8.46. The van der Waals surface area contributed by atoms with Crippen molar-refractivity contribution in [3.05, 3.63) is 40.3 Å². The van der Waals surface area contributed by atoms with Crippen molar-refractivity contribution in [3.63, 3.8) is 0 Å². The lowest BCUT2D eigenvalue weighted by atomic mass is 9.93. The van der Waals surface area contributed by atoms with E-state index in [0.717, 1.165) is 31.4 Å². The van der Waals surface area contributed by atoms with Gasteiger partial charge in [-0.15, -0.1) is 0 Å². The molecule has 0 bridgehead atoms. The lowest BCUT2D eigenvalue weighted by molar-refractivity contribution is 0.0954. The average Bonchev–Trinajstić information content (AvgIpc) is 2.73. The van der Waals surface area contributed by atoms with E-state index in [1.54, 1.807) is 0 Å². The van der Waals surface area contributed by atoms with Crippen LogP contribution in [0.5, 0.6) is 0 Å². The fourth-order valence-corrected chi connectivity index (χ4v) is 5.09. The maximum absolute atomic E-state index is 13.2. The van der Waals surface area contributed by atoms with E-state index in [0.29, 0.717) is 11.6 Å². The van der Waals surface area contributed by atoms with Crippen LogP contribution in [0, 0.1) is 0 Å². The van der Waals surface area contributed by atoms with E-state index in [2.05, 4.69) is 15.2 Å². The van der Waals surface area contributed by atoms with Crippen molar-refractivity contribution in [1.82, 2.24) is 19.8 Å². The molecule has 2 heterocycles. The first-order chi connectivity index (χ1) is 14.2. The largest absolute Gasteiger partial charge is 0.354 e. The number of nitrogens with zero attached hydrogens (tertiary/aromatic N) is 3. The van der Waals surface area contributed by atoms with Gasteiger partial charge in [0.2, 0.25) is 0 Å². The highest BCUT2D eigenvalue weighted by Gasteiger charge is 2.28. The van der Waals surface area contributed by atoms with E-state index in [1.165, 1.54) is 52.0 Å². The van der Waals surface area contributed by atoms with Gasteiger partial charge >= 0.3 is 0 Å². The number of carbonyl (C=O) groups excluding carboxylic acids is 1. The Balaban J connectivity index is 1.58. The van der Waals surface area contributed by atoms with Crippen molar-refractivity contribution in [2.24, 2.45) is 0 Å². The predicted molar refractivity (Wildman–Crippen MR) is 115 cm³/mol. The molecule has 6 nitrogen and oxygen atoms in total. The van der Waals surface area contributed by atoms with E-state index >= 15 is 0 Å². The highest BCUT2D eigenvalue weighted by molar-refractivity contribution is 5.93. The highest BCUT2D eigenvalue weighted by atomic mass is 16.2. The smallest absolute Gasteiger partial charge is 0.282 e. The Kier molecular flexibility index (Phi) is 6.28. The highest BCUT2D eigenvalue weighted by Crippen LogP contribution is 2.29. The zero-order chi connectivity index (χ0) is 20.2. The molecular weight excluding hydrogens is 364 g/mol. The van der Waals surface area contributed by atoms with Crippen molar-refractivity contribution in [1.29, 1.82) is 0 Å². The van der Waals surface area contributed by atoms with Gasteiger partial charge in [0.1, 0.15) is 0 Å². The number of likely N-dealkylation sites (tertiary alicyclic amines) is 1. The third kappa shape index (κ3) is 4.22. The number of amides is 1. The SMILES string of the molecule is CNC(=O)c1nc2ccccc2n(C2CCN(C3CCCCCCC3)CC2)c1=O. The van der Waals surface area contributed by atoms with Gasteiger partial charge in [0.25, 0.3) is 11.5 Å². The Morgan fingerprint density at radius 1 is 0.966 bits per heavy atom. The van der Waals surface area contributed by atoms with Gasteiger partial charge in [-0.1, -0.05) is 44.2 Å². The summed E-state index contributed by atoms with van der Waals surface area (Å²) >= 11 is 0. The molecule has 0 radical (unpaired) electrons. The summed E-state index contributed by atoms with van der Waals surface area (Å²) < 4.78 is 1.84. The number of piperidine rings is 1. The van der Waals surface area contributed by atoms with Gasteiger partial charge in [-0.2, -0.15) is 0 Å². The van der Waals surface area contributed by atoms with Gasteiger partial charge in [0.05, 0.1) is 11.0 Å². The molecule has 1 aliphatic carbocycles. The Labute approximate surface area is 172 Å². The minimum absolute atomic E-state index is 0.00588. The number of para-hydroxylation sites is 2. The van der Waals surface area contributed by atoms with Gasteiger partial charge in [0.15, 0.2) is 5.69 Å². The quantitative estimate of drug-likeness (QED) is 0.862. The first-order valence-electron chi connectivity index (χ1n) is 11.2. The van der Waals surface area contributed by atoms with Gasteiger partial charge in [0, 0.05) is 32.2 Å². The van der Waals surface area contributed by atoms with E-state index in [4.69, 9.17) is 0 Å². The molecule has 1 saturated heterocycles. The number of fused-ring (bicyclic) bond motifs is 1. The first kappa shape index (κ1) is 20.1. The van der Waals surface area contributed by atoms with Crippen LogP contribution in [0.2, 0.25) is 0 Å². The summed E-state index contributed by atoms with van der Waals surface area (Å²) in [5.74, 6) is -0.415. The third-order valence-corrected chi connectivity index (χ3v) is 6.69. The first-order valence-corrected chi connectivity index (χ1v) is 11.2. The van der Waals surface area contributed by atoms with Crippen molar-refractivity contribution in [3.8, 4) is 0 Å². The molecule has 0 unspecified atom stereocenters. The normalized spacial score (nSPS) is 20.3. The van der Waals surface area contributed by atoms with Crippen molar-refractivity contribution in [2.75, 3.05) is 20.1 Å². The zero-order valence-electron chi connectivity index (χ0n) is 17.4. The number of carbonyl (C=O) groups is 1. The van der Waals surface area contributed by atoms with Gasteiger partial charge in [-0.05, 0) is 37.8 Å². The molecule has 4 rings (SSSR count). The summed E-state index contributed by atoms with van der Waals surface area (Å²) in [6.07, 6.45) is 11.3. The van der Waals surface area contributed by atoms with Crippen LogP contribution < -0.4 is 10.9 Å². The fraction of sp³-hybridized carbons (Fsp3) is 0.609. The molecule has 2 fully saturated rings. The van der Waals surface area contributed by atoms with Crippen LogP contribution in [0.15, 0.2) is 29.1 Å². The molecule has 0 spiro atoms. The molecule has 6 heteroatoms. The predicted octanol–water partition coefficient (Wildman–Crippen LogP) is 3.51. The summed E-state index contributed by atoms with van der Waals surface area (Å²) in [6.45, 7) is 2.04. The summed E-state index contributed by atoms with van der Waals surface area (Å²) in [4.78, 5) is 32.4. The number of nitrogens with one attached hydrogen (secondary N) is 1. The van der Waals surface area contributed by atoms with E-state index < -0.39 is 5.91 Å².